The summed E-state index contributed by atoms with van der Waals surface area (Å²) >= 11 is 5.96. The number of hydrogen-bond acceptors (Lipinski definition) is 3. The lowest BCUT2D eigenvalue weighted by Gasteiger charge is -2.25. The fourth-order valence-corrected chi connectivity index (χ4v) is 2.44. The third-order valence-corrected chi connectivity index (χ3v) is 3.11. The number of fused-ring (bicyclic) bond motifs is 1. The van der Waals surface area contributed by atoms with E-state index in [1.807, 2.05) is 12.1 Å². The van der Waals surface area contributed by atoms with Crippen molar-refractivity contribution >= 4 is 17.3 Å². The van der Waals surface area contributed by atoms with E-state index in [0.717, 1.165) is 18.0 Å². The Labute approximate surface area is 94.7 Å². The van der Waals surface area contributed by atoms with E-state index in [0.29, 0.717) is 12.6 Å². The quantitative estimate of drug-likeness (QED) is 0.802. The van der Waals surface area contributed by atoms with Gasteiger partial charge in [0, 0.05) is 17.3 Å². The average molecular weight is 227 g/mol. The lowest BCUT2D eigenvalue weighted by molar-refractivity contribution is 0.123. The van der Waals surface area contributed by atoms with Crippen LogP contribution in [0.3, 0.4) is 0 Å². The van der Waals surface area contributed by atoms with Gasteiger partial charge in [0.1, 0.15) is 0 Å². The van der Waals surface area contributed by atoms with Gasteiger partial charge in [0.25, 0.3) is 0 Å². The molecule has 4 heteroatoms. The molecule has 0 amide bonds. The van der Waals surface area contributed by atoms with Crippen molar-refractivity contribution < 1.29 is 4.84 Å². The largest absolute Gasteiger partial charge is 0.366 e. The van der Waals surface area contributed by atoms with Crippen LogP contribution in [-0.2, 0) is 11.3 Å². The zero-order valence-corrected chi connectivity index (χ0v) is 9.50. The van der Waals surface area contributed by atoms with E-state index < -0.39 is 0 Å². The van der Waals surface area contributed by atoms with Crippen LogP contribution in [-0.4, -0.2) is 19.2 Å². The molecule has 1 aliphatic heterocycles. The molecule has 0 saturated heterocycles. The van der Waals surface area contributed by atoms with Crippen molar-refractivity contribution in [3.8, 4) is 0 Å². The fraction of sp³-hybridized carbons (Fsp3) is 0.455. The summed E-state index contributed by atoms with van der Waals surface area (Å²) in [5, 5.41) is 0.791. The Morgan fingerprint density at radius 3 is 3.07 bits per heavy atom. The third-order valence-electron chi connectivity index (χ3n) is 2.88. The van der Waals surface area contributed by atoms with Gasteiger partial charge in [0.05, 0.1) is 12.6 Å². The predicted octanol–water partition coefficient (Wildman–Crippen LogP) is 1.98. The second-order valence-corrected chi connectivity index (χ2v) is 4.19. The van der Waals surface area contributed by atoms with E-state index in [9.17, 15) is 0 Å². The average Bonchev–Trinajstić information content (AvgIpc) is 2.54. The van der Waals surface area contributed by atoms with Crippen LogP contribution in [0, 0.1) is 0 Å². The SMILES string of the molecule is CCN1c2ccc(Cl)cc2CC1CON. The third kappa shape index (κ3) is 1.95. The molecular weight excluding hydrogens is 212 g/mol. The first-order valence-corrected chi connectivity index (χ1v) is 5.50. The molecule has 0 fully saturated rings. The number of rotatable bonds is 3. The molecule has 0 radical (unpaired) electrons. The highest BCUT2D eigenvalue weighted by Crippen LogP contribution is 2.33. The van der Waals surface area contributed by atoms with Crippen LogP contribution in [0.5, 0.6) is 0 Å². The van der Waals surface area contributed by atoms with E-state index in [2.05, 4.69) is 17.9 Å². The van der Waals surface area contributed by atoms with Gasteiger partial charge in [-0.25, -0.2) is 5.90 Å². The van der Waals surface area contributed by atoms with Crippen molar-refractivity contribution in [3.63, 3.8) is 0 Å². The first kappa shape index (κ1) is 10.7. The molecule has 2 rings (SSSR count). The van der Waals surface area contributed by atoms with Crippen molar-refractivity contribution in [1.82, 2.24) is 0 Å². The molecule has 0 aliphatic carbocycles. The van der Waals surface area contributed by atoms with Crippen molar-refractivity contribution in [2.24, 2.45) is 5.90 Å². The Bertz CT molecular complexity index is 356. The summed E-state index contributed by atoms with van der Waals surface area (Å²) in [6.07, 6.45) is 0.959. The summed E-state index contributed by atoms with van der Waals surface area (Å²) in [7, 11) is 0. The highest BCUT2D eigenvalue weighted by Gasteiger charge is 2.28. The molecule has 1 unspecified atom stereocenters. The zero-order valence-electron chi connectivity index (χ0n) is 8.74. The van der Waals surface area contributed by atoms with Crippen molar-refractivity contribution in [3.05, 3.63) is 28.8 Å². The van der Waals surface area contributed by atoms with Crippen LogP contribution < -0.4 is 10.8 Å². The first-order valence-electron chi connectivity index (χ1n) is 5.13. The molecule has 1 aliphatic rings. The summed E-state index contributed by atoms with van der Waals surface area (Å²) in [6, 6.07) is 6.36. The predicted molar refractivity (Wildman–Crippen MR) is 62.1 cm³/mol. The molecule has 0 aromatic heterocycles. The Kier molecular flexibility index (Phi) is 3.14. The van der Waals surface area contributed by atoms with Crippen molar-refractivity contribution in [2.45, 2.75) is 19.4 Å². The van der Waals surface area contributed by atoms with Gasteiger partial charge < -0.3 is 9.74 Å². The van der Waals surface area contributed by atoms with Gasteiger partial charge in [-0.2, -0.15) is 0 Å². The Morgan fingerprint density at radius 1 is 1.60 bits per heavy atom. The Hall–Kier alpha value is -0.770. The van der Waals surface area contributed by atoms with Gasteiger partial charge in [-0.3, -0.25) is 0 Å². The molecule has 2 N–H and O–H groups in total. The molecule has 0 saturated carbocycles. The van der Waals surface area contributed by atoms with Gasteiger partial charge in [0.15, 0.2) is 0 Å². The lowest BCUT2D eigenvalue weighted by Crippen LogP contribution is -2.36. The summed E-state index contributed by atoms with van der Waals surface area (Å²) in [6.45, 7) is 3.65. The molecule has 3 nitrogen and oxygen atoms in total. The minimum atomic E-state index is 0.341. The molecule has 0 spiro atoms. The number of halogens is 1. The molecule has 82 valence electrons. The summed E-state index contributed by atoms with van der Waals surface area (Å²) in [4.78, 5) is 7.05. The highest BCUT2D eigenvalue weighted by molar-refractivity contribution is 6.30. The van der Waals surface area contributed by atoms with Crippen LogP contribution in [0.4, 0.5) is 5.69 Å². The van der Waals surface area contributed by atoms with Crippen LogP contribution in [0.25, 0.3) is 0 Å². The van der Waals surface area contributed by atoms with Gasteiger partial charge in [-0.1, -0.05) is 11.6 Å². The van der Waals surface area contributed by atoms with Crippen LogP contribution >= 0.6 is 11.6 Å². The summed E-state index contributed by atoms with van der Waals surface area (Å²) in [5.74, 6) is 5.14. The summed E-state index contributed by atoms with van der Waals surface area (Å²) < 4.78 is 0. The monoisotopic (exact) mass is 226 g/mol. The molecule has 1 aromatic rings. The second kappa shape index (κ2) is 4.39. The van der Waals surface area contributed by atoms with Gasteiger partial charge in [-0.05, 0) is 37.1 Å². The number of nitrogens with two attached hydrogens (primary N) is 1. The van der Waals surface area contributed by atoms with Crippen molar-refractivity contribution in [1.29, 1.82) is 0 Å². The second-order valence-electron chi connectivity index (χ2n) is 3.75. The van der Waals surface area contributed by atoms with E-state index in [1.165, 1.54) is 11.3 Å². The first-order chi connectivity index (χ1) is 7.26. The highest BCUT2D eigenvalue weighted by atomic mass is 35.5. The maximum absolute atomic E-state index is 5.96. The van der Waals surface area contributed by atoms with Gasteiger partial charge in [0.2, 0.25) is 0 Å². The molecule has 0 bridgehead atoms. The van der Waals surface area contributed by atoms with E-state index in [4.69, 9.17) is 22.3 Å². The van der Waals surface area contributed by atoms with Crippen LogP contribution in [0.15, 0.2) is 18.2 Å². The molecule has 15 heavy (non-hydrogen) atoms. The van der Waals surface area contributed by atoms with E-state index >= 15 is 0 Å². The number of anilines is 1. The standard InChI is InChI=1S/C11H15ClN2O/c1-2-14-10(7-15-13)6-8-5-9(12)3-4-11(8)14/h3-5,10H,2,6-7,13H2,1H3. The normalized spacial score (nSPS) is 19.4. The minimum absolute atomic E-state index is 0.341. The Morgan fingerprint density at radius 2 is 2.40 bits per heavy atom. The maximum Gasteiger partial charge on any atom is 0.0885 e. The van der Waals surface area contributed by atoms with Crippen LogP contribution in [0.1, 0.15) is 12.5 Å². The number of hydrogen-bond donors (Lipinski definition) is 1. The molecular formula is C11H15ClN2O. The van der Waals surface area contributed by atoms with E-state index in [-0.39, 0.29) is 0 Å². The van der Waals surface area contributed by atoms with E-state index in [1.54, 1.807) is 0 Å². The molecule has 1 atom stereocenters. The number of likely N-dealkylation sites (N-methyl/N-ethyl adjacent to an activating group) is 1. The Balaban J connectivity index is 2.28. The summed E-state index contributed by atoms with van der Waals surface area (Å²) in [5.41, 5.74) is 2.54. The minimum Gasteiger partial charge on any atom is -0.366 e. The lowest BCUT2D eigenvalue weighted by atomic mass is 10.1. The number of nitrogens with zero attached hydrogens (tertiary/aromatic N) is 1. The molecule has 1 aromatic carbocycles. The van der Waals surface area contributed by atoms with Gasteiger partial charge >= 0.3 is 0 Å². The van der Waals surface area contributed by atoms with Crippen molar-refractivity contribution in [2.75, 3.05) is 18.1 Å². The topological polar surface area (TPSA) is 38.5 Å². The van der Waals surface area contributed by atoms with Crippen LogP contribution in [0.2, 0.25) is 5.02 Å². The smallest absolute Gasteiger partial charge is 0.0885 e. The zero-order chi connectivity index (χ0) is 10.8. The van der Waals surface area contributed by atoms with Gasteiger partial charge in [-0.15, -0.1) is 0 Å². The number of benzene rings is 1. The fourth-order valence-electron chi connectivity index (χ4n) is 2.25. The maximum atomic E-state index is 5.96. The molecule has 1 heterocycles.